The van der Waals surface area contributed by atoms with Crippen molar-refractivity contribution < 1.29 is 17.6 Å². The molecular formula is C22H25N3O5S. The van der Waals surface area contributed by atoms with E-state index in [-0.39, 0.29) is 29.4 Å². The number of fused-ring (bicyclic) bond motifs is 1. The third kappa shape index (κ3) is 4.42. The molecule has 164 valence electrons. The smallest absolute Gasteiger partial charge is 0.408 e. The molecule has 0 aliphatic carbocycles. The topological polar surface area (TPSA) is 102 Å². The Morgan fingerprint density at radius 2 is 1.90 bits per heavy atom. The maximum atomic E-state index is 12.8. The molecule has 31 heavy (non-hydrogen) atoms. The van der Waals surface area contributed by atoms with E-state index in [1.807, 2.05) is 31.2 Å². The highest BCUT2D eigenvalue weighted by molar-refractivity contribution is 7.89. The second-order valence-electron chi connectivity index (χ2n) is 7.61. The van der Waals surface area contributed by atoms with Gasteiger partial charge in [-0.3, -0.25) is 9.36 Å². The molecule has 9 heteroatoms. The Morgan fingerprint density at radius 3 is 2.65 bits per heavy atom. The predicted octanol–water partition coefficient (Wildman–Crippen LogP) is 2.97. The van der Waals surface area contributed by atoms with Crippen LogP contribution < -0.4 is 11.1 Å². The van der Waals surface area contributed by atoms with Crippen LogP contribution in [0, 0.1) is 0 Å². The van der Waals surface area contributed by atoms with Crippen molar-refractivity contribution in [1.29, 1.82) is 0 Å². The number of nitrogens with zero attached hydrogens (tertiary/aromatic N) is 2. The number of oxazole rings is 1. The molecule has 1 aliphatic rings. The van der Waals surface area contributed by atoms with Gasteiger partial charge in [-0.25, -0.2) is 13.2 Å². The molecule has 0 radical (unpaired) electrons. The number of anilines is 1. The van der Waals surface area contributed by atoms with Crippen LogP contribution >= 0.6 is 0 Å². The van der Waals surface area contributed by atoms with Crippen molar-refractivity contribution in [3.05, 3.63) is 58.6 Å². The number of aromatic nitrogens is 1. The number of benzene rings is 2. The highest BCUT2D eigenvalue weighted by Crippen LogP contribution is 2.24. The van der Waals surface area contributed by atoms with Crippen molar-refractivity contribution in [1.82, 2.24) is 8.87 Å². The summed E-state index contributed by atoms with van der Waals surface area (Å²) >= 11 is 0. The molecule has 0 atom stereocenters. The summed E-state index contributed by atoms with van der Waals surface area (Å²) < 4.78 is 33.6. The number of carbonyl (C=O) groups is 1. The van der Waals surface area contributed by atoms with Crippen molar-refractivity contribution in [2.75, 3.05) is 18.4 Å². The van der Waals surface area contributed by atoms with Gasteiger partial charge in [0.25, 0.3) is 0 Å². The average Bonchev–Trinajstić information content (AvgIpc) is 3.40. The zero-order chi connectivity index (χ0) is 22.0. The predicted molar refractivity (Wildman–Crippen MR) is 118 cm³/mol. The monoisotopic (exact) mass is 443 g/mol. The Labute approximate surface area is 180 Å². The van der Waals surface area contributed by atoms with E-state index in [2.05, 4.69) is 5.32 Å². The molecule has 1 aromatic heterocycles. The third-order valence-electron chi connectivity index (χ3n) is 5.52. The number of aryl methyl sites for hydroxylation is 2. The second-order valence-corrected chi connectivity index (χ2v) is 9.55. The number of rotatable bonds is 7. The third-order valence-corrected chi connectivity index (χ3v) is 7.42. The van der Waals surface area contributed by atoms with Gasteiger partial charge in [-0.05, 0) is 49.1 Å². The minimum atomic E-state index is -3.60. The molecule has 1 saturated heterocycles. The van der Waals surface area contributed by atoms with E-state index in [1.54, 1.807) is 6.07 Å². The van der Waals surface area contributed by atoms with Gasteiger partial charge < -0.3 is 9.73 Å². The Bertz CT molecular complexity index is 1270. The van der Waals surface area contributed by atoms with E-state index in [1.165, 1.54) is 21.0 Å². The number of hydrogen-bond acceptors (Lipinski definition) is 5. The summed E-state index contributed by atoms with van der Waals surface area (Å²) in [6.45, 7) is 3.17. The fourth-order valence-corrected chi connectivity index (χ4v) is 5.34. The number of hydrogen-bond donors (Lipinski definition) is 1. The Morgan fingerprint density at radius 1 is 1.13 bits per heavy atom. The van der Waals surface area contributed by atoms with Gasteiger partial charge in [0.1, 0.15) is 0 Å². The van der Waals surface area contributed by atoms with Crippen molar-refractivity contribution in [2.24, 2.45) is 0 Å². The van der Waals surface area contributed by atoms with Gasteiger partial charge in [0.05, 0.1) is 10.4 Å². The SMILES string of the molecule is CCc1cccc(NC(=O)CCn2c(=O)oc3cc(S(=O)(=O)N4CCCC4)ccc32)c1. The van der Waals surface area contributed by atoms with Gasteiger partial charge in [-0.15, -0.1) is 0 Å². The van der Waals surface area contributed by atoms with Crippen LogP contribution in [-0.2, 0) is 27.8 Å². The Kier molecular flexibility index (Phi) is 5.97. The maximum absolute atomic E-state index is 12.8. The van der Waals surface area contributed by atoms with E-state index < -0.39 is 15.8 Å². The summed E-state index contributed by atoms with van der Waals surface area (Å²) in [5.41, 5.74) is 2.49. The van der Waals surface area contributed by atoms with Crippen molar-refractivity contribution in [3.63, 3.8) is 0 Å². The number of amides is 1. The van der Waals surface area contributed by atoms with Crippen LogP contribution in [-0.4, -0.2) is 36.3 Å². The van der Waals surface area contributed by atoms with Crippen molar-refractivity contribution >= 4 is 32.7 Å². The van der Waals surface area contributed by atoms with Crippen LogP contribution in [0.25, 0.3) is 11.1 Å². The molecule has 3 aromatic rings. The highest BCUT2D eigenvalue weighted by atomic mass is 32.2. The lowest BCUT2D eigenvalue weighted by atomic mass is 10.1. The minimum absolute atomic E-state index is 0.0821. The molecule has 0 bridgehead atoms. The van der Waals surface area contributed by atoms with Crippen LogP contribution in [0.4, 0.5) is 5.69 Å². The zero-order valence-corrected chi connectivity index (χ0v) is 18.2. The number of sulfonamides is 1. The Balaban J connectivity index is 1.50. The molecule has 1 aliphatic heterocycles. The molecule has 2 aromatic carbocycles. The van der Waals surface area contributed by atoms with Crippen LogP contribution in [0.5, 0.6) is 0 Å². The van der Waals surface area contributed by atoms with E-state index in [4.69, 9.17) is 4.42 Å². The van der Waals surface area contributed by atoms with E-state index in [0.29, 0.717) is 24.3 Å². The molecule has 0 unspecified atom stereocenters. The lowest BCUT2D eigenvalue weighted by molar-refractivity contribution is -0.116. The second kappa shape index (κ2) is 8.68. The first kappa shape index (κ1) is 21.3. The van der Waals surface area contributed by atoms with E-state index in [0.717, 1.165) is 24.8 Å². The van der Waals surface area contributed by atoms with Crippen LogP contribution in [0.15, 0.2) is 56.6 Å². The minimum Gasteiger partial charge on any atom is -0.408 e. The zero-order valence-electron chi connectivity index (χ0n) is 17.3. The first-order valence-electron chi connectivity index (χ1n) is 10.4. The number of nitrogens with one attached hydrogen (secondary N) is 1. The lowest BCUT2D eigenvalue weighted by Gasteiger charge is -2.15. The normalized spacial score (nSPS) is 14.9. The summed E-state index contributed by atoms with van der Waals surface area (Å²) in [7, 11) is -3.60. The molecule has 0 spiro atoms. The lowest BCUT2D eigenvalue weighted by Crippen LogP contribution is -2.27. The van der Waals surface area contributed by atoms with Crippen LogP contribution in [0.1, 0.15) is 31.7 Å². The number of carbonyl (C=O) groups excluding carboxylic acids is 1. The molecule has 1 amide bonds. The average molecular weight is 444 g/mol. The van der Waals surface area contributed by atoms with Gasteiger partial charge in [0.15, 0.2) is 5.58 Å². The van der Waals surface area contributed by atoms with Crippen LogP contribution in [0.2, 0.25) is 0 Å². The first-order valence-corrected chi connectivity index (χ1v) is 11.8. The summed E-state index contributed by atoms with van der Waals surface area (Å²) in [6, 6.07) is 12.0. The molecule has 2 heterocycles. The van der Waals surface area contributed by atoms with Crippen LogP contribution in [0.3, 0.4) is 0 Å². The molecule has 1 N–H and O–H groups in total. The van der Waals surface area contributed by atoms with Gasteiger partial charge in [0.2, 0.25) is 15.9 Å². The summed E-state index contributed by atoms with van der Waals surface area (Å²) in [5, 5.41) is 2.84. The van der Waals surface area contributed by atoms with Gasteiger partial charge >= 0.3 is 5.76 Å². The van der Waals surface area contributed by atoms with E-state index in [9.17, 15) is 18.0 Å². The summed E-state index contributed by atoms with van der Waals surface area (Å²) in [4.78, 5) is 24.8. The molecule has 0 saturated carbocycles. The van der Waals surface area contributed by atoms with Crippen molar-refractivity contribution in [3.8, 4) is 0 Å². The molecule has 4 rings (SSSR count). The standard InChI is InChI=1S/C22H25N3O5S/c1-2-16-6-5-7-17(14-16)23-21(26)10-13-25-19-9-8-18(15-20(19)30-22(25)27)31(28,29)24-11-3-4-12-24/h5-9,14-15H,2-4,10-13H2,1H3,(H,23,26). The Hall–Kier alpha value is -2.91. The fourth-order valence-electron chi connectivity index (χ4n) is 3.80. The van der Waals surface area contributed by atoms with Gasteiger partial charge in [-0.1, -0.05) is 19.1 Å². The fraction of sp³-hybridized carbons (Fsp3) is 0.364. The maximum Gasteiger partial charge on any atom is 0.419 e. The van der Waals surface area contributed by atoms with Gasteiger partial charge in [-0.2, -0.15) is 4.31 Å². The summed E-state index contributed by atoms with van der Waals surface area (Å²) in [5.74, 6) is -0.839. The largest absolute Gasteiger partial charge is 0.419 e. The molecular weight excluding hydrogens is 418 g/mol. The summed E-state index contributed by atoms with van der Waals surface area (Å²) in [6.07, 6.45) is 2.64. The first-order chi connectivity index (χ1) is 14.9. The molecule has 8 nitrogen and oxygen atoms in total. The molecule has 1 fully saturated rings. The van der Waals surface area contributed by atoms with E-state index >= 15 is 0 Å². The van der Waals surface area contributed by atoms with Gasteiger partial charge in [0, 0.05) is 37.8 Å². The highest BCUT2D eigenvalue weighted by Gasteiger charge is 2.28. The van der Waals surface area contributed by atoms with Crippen molar-refractivity contribution in [2.45, 2.75) is 44.0 Å². The quantitative estimate of drug-likeness (QED) is 0.605.